The van der Waals surface area contributed by atoms with Gasteiger partial charge in [0.05, 0.1) is 16.3 Å². The average Bonchev–Trinajstić information content (AvgIpc) is 2.21. The first-order valence-corrected chi connectivity index (χ1v) is 6.02. The molecule has 0 heterocycles. The van der Waals surface area contributed by atoms with Crippen LogP contribution in [0.25, 0.3) is 0 Å². The van der Waals surface area contributed by atoms with E-state index >= 15 is 0 Å². The van der Waals surface area contributed by atoms with Gasteiger partial charge in [0.2, 0.25) is 5.91 Å². The van der Waals surface area contributed by atoms with Crippen LogP contribution in [0.1, 0.15) is 25.8 Å². The van der Waals surface area contributed by atoms with Crippen molar-refractivity contribution in [2.45, 2.75) is 20.3 Å². The zero-order valence-electron chi connectivity index (χ0n) is 9.71. The molecular weight excluding hydrogens is 259 g/mol. The van der Waals surface area contributed by atoms with Gasteiger partial charge < -0.3 is 0 Å². The summed E-state index contributed by atoms with van der Waals surface area (Å²) >= 11 is 11.9. The van der Waals surface area contributed by atoms with Crippen molar-refractivity contribution < 1.29 is 4.79 Å². The second-order valence-electron chi connectivity index (χ2n) is 4.03. The first kappa shape index (κ1) is 14.0. The third-order valence-electron chi connectivity index (χ3n) is 1.98. The quantitative estimate of drug-likeness (QED) is 0.662. The van der Waals surface area contributed by atoms with Crippen molar-refractivity contribution in [2.75, 3.05) is 0 Å². The maximum Gasteiger partial charge on any atom is 0.240 e. The molecule has 0 aliphatic rings. The van der Waals surface area contributed by atoms with E-state index in [2.05, 4.69) is 10.5 Å². The maximum absolute atomic E-state index is 11.3. The third-order valence-corrected chi connectivity index (χ3v) is 2.64. The normalized spacial score (nSPS) is 11.1. The number of hydrogen-bond donors (Lipinski definition) is 1. The van der Waals surface area contributed by atoms with E-state index in [4.69, 9.17) is 23.2 Å². The van der Waals surface area contributed by atoms with Crippen LogP contribution in [0.3, 0.4) is 0 Å². The van der Waals surface area contributed by atoms with Crippen LogP contribution in [-0.4, -0.2) is 12.1 Å². The molecule has 0 aromatic heterocycles. The van der Waals surface area contributed by atoms with Crippen molar-refractivity contribution >= 4 is 35.3 Å². The first-order chi connectivity index (χ1) is 8.00. The molecule has 0 radical (unpaired) electrons. The Morgan fingerprint density at radius 1 is 1.41 bits per heavy atom. The van der Waals surface area contributed by atoms with E-state index < -0.39 is 0 Å². The van der Waals surface area contributed by atoms with Gasteiger partial charge in [0, 0.05) is 12.0 Å². The summed E-state index contributed by atoms with van der Waals surface area (Å²) in [5.74, 6) is 0.175. The van der Waals surface area contributed by atoms with Gasteiger partial charge in [-0.2, -0.15) is 5.10 Å². The molecule has 1 N–H and O–H groups in total. The number of hydrogen-bond acceptors (Lipinski definition) is 2. The minimum Gasteiger partial charge on any atom is -0.273 e. The van der Waals surface area contributed by atoms with Gasteiger partial charge in [-0.1, -0.05) is 43.1 Å². The summed E-state index contributed by atoms with van der Waals surface area (Å²) in [6.45, 7) is 3.93. The molecule has 0 saturated carbocycles. The second kappa shape index (κ2) is 6.62. The van der Waals surface area contributed by atoms with Gasteiger partial charge in [-0.25, -0.2) is 5.43 Å². The lowest BCUT2D eigenvalue weighted by Crippen LogP contribution is -2.19. The lowest BCUT2D eigenvalue weighted by Gasteiger charge is -2.03. The van der Waals surface area contributed by atoms with Gasteiger partial charge in [-0.15, -0.1) is 0 Å². The van der Waals surface area contributed by atoms with Gasteiger partial charge in [-0.3, -0.25) is 4.79 Å². The Labute approximate surface area is 111 Å². The number of halogens is 2. The van der Waals surface area contributed by atoms with E-state index in [0.29, 0.717) is 27.9 Å². The van der Waals surface area contributed by atoms with Crippen LogP contribution >= 0.6 is 23.2 Å². The van der Waals surface area contributed by atoms with Crippen LogP contribution in [-0.2, 0) is 4.79 Å². The predicted molar refractivity (Wildman–Crippen MR) is 71.7 cm³/mol. The van der Waals surface area contributed by atoms with E-state index in [1.807, 2.05) is 13.8 Å². The fraction of sp³-hybridized carbons (Fsp3) is 0.333. The van der Waals surface area contributed by atoms with Gasteiger partial charge in [0.25, 0.3) is 0 Å². The summed E-state index contributed by atoms with van der Waals surface area (Å²) in [5, 5.41) is 4.82. The Hall–Kier alpha value is -1.06. The third kappa shape index (κ3) is 4.75. The highest BCUT2D eigenvalue weighted by Crippen LogP contribution is 2.21. The zero-order chi connectivity index (χ0) is 12.8. The van der Waals surface area contributed by atoms with E-state index in [1.165, 1.54) is 6.21 Å². The lowest BCUT2D eigenvalue weighted by atomic mass is 10.1. The molecule has 0 aliphatic heterocycles. The molecule has 0 bridgehead atoms. The largest absolute Gasteiger partial charge is 0.273 e. The zero-order valence-corrected chi connectivity index (χ0v) is 11.2. The van der Waals surface area contributed by atoms with E-state index in [1.54, 1.807) is 18.2 Å². The van der Waals surface area contributed by atoms with Crippen LogP contribution in [0.2, 0.25) is 10.0 Å². The Morgan fingerprint density at radius 2 is 2.00 bits per heavy atom. The molecule has 17 heavy (non-hydrogen) atoms. The van der Waals surface area contributed by atoms with Gasteiger partial charge >= 0.3 is 0 Å². The average molecular weight is 273 g/mol. The van der Waals surface area contributed by atoms with Crippen molar-refractivity contribution in [2.24, 2.45) is 11.0 Å². The van der Waals surface area contributed by atoms with Gasteiger partial charge in [0.15, 0.2) is 0 Å². The molecule has 92 valence electrons. The molecule has 0 fully saturated rings. The Bertz CT molecular complexity index is 410. The van der Waals surface area contributed by atoms with E-state index in [9.17, 15) is 4.79 Å². The number of nitrogens with one attached hydrogen (secondary N) is 1. The lowest BCUT2D eigenvalue weighted by molar-refractivity contribution is -0.121. The summed E-state index contributed by atoms with van der Waals surface area (Å²) in [7, 11) is 0. The van der Waals surface area contributed by atoms with Crippen LogP contribution in [0.4, 0.5) is 0 Å². The van der Waals surface area contributed by atoms with Crippen molar-refractivity contribution in [3.05, 3.63) is 33.8 Å². The van der Waals surface area contributed by atoms with E-state index in [0.717, 1.165) is 0 Å². The fourth-order valence-electron chi connectivity index (χ4n) is 1.22. The maximum atomic E-state index is 11.3. The van der Waals surface area contributed by atoms with Crippen molar-refractivity contribution in [3.8, 4) is 0 Å². The Morgan fingerprint density at radius 3 is 2.53 bits per heavy atom. The second-order valence-corrected chi connectivity index (χ2v) is 4.84. The number of hydrazone groups is 1. The summed E-state index contributed by atoms with van der Waals surface area (Å²) in [6.07, 6.45) is 1.89. The molecule has 0 spiro atoms. The number of carbonyl (C=O) groups is 1. The highest BCUT2D eigenvalue weighted by atomic mass is 35.5. The summed E-state index contributed by atoms with van der Waals surface area (Å²) in [6, 6.07) is 5.18. The summed E-state index contributed by atoms with van der Waals surface area (Å²) in [4.78, 5) is 11.3. The summed E-state index contributed by atoms with van der Waals surface area (Å²) in [5.41, 5.74) is 3.03. The van der Waals surface area contributed by atoms with Crippen molar-refractivity contribution in [1.82, 2.24) is 5.43 Å². The highest BCUT2D eigenvalue weighted by molar-refractivity contribution is 6.38. The highest BCUT2D eigenvalue weighted by Gasteiger charge is 2.04. The molecule has 1 amide bonds. The topological polar surface area (TPSA) is 41.5 Å². The molecule has 1 aromatic rings. The van der Waals surface area contributed by atoms with Crippen LogP contribution in [0, 0.1) is 5.92 Å². The van der Waals surface area contributed by atoms with Crippen molar-refractivity contribution in [1.29, 1.82) is 0 Å². The Balaban J connectivity index is 2.63. The SMILES string of the molecule is CC(C)CC(=O)N/N=C\c1c(Cl)cccc1Cl. The van der Waals surface area contributed by atoms with Gasteiger partial charge in [-0.05, 0) is 18.1 Å². The van der Waals surface area contributed by atoms with Crippen molar-refractivity contribution in [3.63, 3.8) is 0 Å². The minimum atomic E-state index is -0.126. The molecule has 0 saturated heterocycles. The van der Waals surface area contributed by atoms with Crippen LogP contribution < -0.4 is 5.43 Å². The Kier molecular flexibility index (Phi) is 5.45. The number of carbonyl (C=O) groups excluding carboxylic acids is 1. The minimum absolute atomic E-state index is 0.126. The van der Waals surface area contributed by atoms with E-state index in [-0.39, 0.29) is 5.91 Å². The predicted octanol–water partition coefficient (Wildman–Crippen LogP) is 3.49. The first-order valence-electron chi connectivity index (χ1n) is 5.26. The molecule has 0 atom stereocenters. The molecule has 1 aromatic carbocycles. The molecule has 1 rings (SSSR count). The van der Waals surface area contributed by atoms with Gasteiger partial charge in [0.1, 0.15) is 0 Å². The monoisotopic (exact) mass is 272 g/mol. The number of nitrogens with zero attached hydrogens (tertiary/aromatic N) is 1. The number of rotatable bonds is 4. The number of benzene rings is 1. The van der Waals surface area contributed by atoms with Crippen LogP contribution in [0.15, 0.2) is 23.3 Å². The number of amides is 1. The molecule has 0 aliphatic carbocycles. The van der Waals surface area contributed by atoms with Crippen LogP contribution in [0.5, 0.6) is 0 Å². The molecule has 3 nitrogen and oxygen atoms in total. The molecular formula is C12H14Cl2N2O. The molecule has 5 heteroatoms. The standard InChI is InChI=1S/C12H14Cl2N2O/c1-8(2)6-12(17)16-15-7-9-10(13)4-3-5-11(9)14/h3-5,7-8H,6H2,1-2H3,(H,16,17)/b15-7-. The summed E-state index contributed by atoms with van der Waals surface area (Å²) < 4.78 is 0. The fourth-order valence-corrected chi connectivity index (χ4v) is 1.71. The molecule has 0 unspecified atom stereocenters. The smallest absolute Gasteiger partial charge is 0.240 e.